The first kappa shape index (κ1) is 23.1. The van der Waals surface area contributed by atoms with E-state index in [1.54, 1.807) is 31.3 Å². The molecule has 1 atom stereocenters. The topological polar surface area (TPSA) is 71.1 Å². The summed E-state index contributed by atoms with van der Waals surface area (Å²) in [5, 5.41) is 3.20. The molecule has 1 N–H and O–H groups in total. The minimum atomic E-state index is -0.337. The van der Waals surface area contributed by atoms with E-state index in [0.717, 1.165) is 38.2 Å². The third-order valence-corrected chi connectivity index (χ3v) is 6.60. The summed E-state index contributed by atoms with van der Waals surface area (Å²) in [5.41, 5.74) is 3.33. The van der Waals surface area contributed by atoms with Gasteiger partial charge in [0.25, 0.3) is 0 Å². The van der Waals surface area contributed by atoms with Crippen molar-refractivity contribution >= 4 is 17.5 Å². The number of hydrogen-bond acceptors (Lipinski definition) is 5. The Labute approximate surface area is 195 Å². The summed E-state index contributed by atoms with van der Waals surface area (Å²) in [6, 6.07) is 14.2. The second-order valence-corrected chi connectivity index (χ2v) is 8.99. The van der Waals surface area contributed by atoms with Crippen molar-refractivity contribution in [3.05, 3.63) is 53.6 Å². The van der Waals surface area contributed by atoms with Crippen LogP contribution in [0.4, 0.5) is 5.69 Å². The first-order chi connectivity index (χ1) is 16.0. The van der Waals surface area contributed by atoms with Crippen molar-refractivity contribution in [1.82, 2.24) is 10.2 Å². The Kier molecular flexibility index (Phi) is 7.18. The van der Waals surface area contributed by atoms with Crippen LogP contribution in [0.15, 0.2) is 42.5 Å². The highest BCUT2D eigenvalue weighted by atomic mass is 16.5. The Hall–Kier alpha value is -3.06. The molecular formula is C26H33N3O4. The number of likely N-dealkylation sites (tertiary alicyclic amines) is 1. The van der Waals surface area contributed by atoms with Crippen LogP contribution in [0.3, 0.4) is 0 Å². The van der Waals surface area contributed by atoms with Crippen LogP contribution in [-0.2, 0) is 16.1 Å². The van der Waals surface area contributed by atoms with Gasteiger partial charge in [0, 0.05) is 50.4 Å². The maximum absolute atomic E-state index is 12.9. The van der Waals surface area contributed by atoms with Crippen LogP contribution in [0.5, 0.6) is 11.5 Å². The lowest BCUT2D eigenvalue weighted by Crippen LogP contribution is -2.46. The molecule has 7 heteroatoms. The molecule has 0 radical (unpaired) electrons. The van der Waals surface area contributed by atoms with E-state index in [2.05, 4.69) is 41.4 Å². The fourth-order valence-electron chi connectivity index (χ4n) is 4.75. The molecule has 1 unspecified atom stereocenters. The number of carbonyl (C=O) groups is 2. The lowest BCUT2D eigenvalue weighted by molar-refractivity contribution is -0.127. The molecule has 0 aromatic heterocycles. The van der Waals surface area contributed by atoms with Gasteiger partial charge in [-0.15, -0.1) is 0 Å². The summed E-state index contributed by atoms with van der Waals surface area (Å²) in [4.78, 5) is 29.7. The zero-order chi connectivity index (χ0) is 23.4. The molecule has 0 spiro atoms. The number of hydrogen-bond donors (Lipinski definition) is 1. The number of rotatable bonds is 7. The lowest BCUT2D eigenvalue weighted by atomic mass is 10.0. The first-order valence-corrected chi connectivity index (χ1v) is 11.6. The number of methoxy groups -OCH3 is 2. The second kappa shape index (κ2) is 10.3. The number of benzene rings is 2. The van der Waals surface area contributed by atoms with E-state index in [1.807, 2.05) is 6.07 Å². The van der Waals surface area contributed by atoms with E-state index >= 15 is 0 Å². The third kappa shape index (κ3) is 5.47. The summed E-state index contributed by atoms with van der Waals surface area (Å²) < 4.78 is 10.6. The van der Waals surface area contributed by atoms with Gasteiger partial charge in [0.2, 0.25) is 11.8 Å². The van der Waals surface area contributed by atoms with Crippen LogP contribution < -0.4 is 19.7 Å². The zero-order valence-electron chi connectivity index (χ0n) is 19.7. The molecule has 2 heterocycles. The van der Waals surface area contributed by atoms with Crippen molar-refractivity contribution in [3.8, 4) is 11.5 Å². The Bertz CT molecular complexity index is 1000. The Morgan fingerprint density at radius 1 is 1.06 bits per heavy atom. The third-order valence-electron chi connectivity index (χ3n) is 6.60. The number of nitrogens with zero attached hydrogens (tertiary/aromatic N) is 2. The molecule has 2 aromatic carbocycles. The van der Waals surface area contributed by atoms with Crippen molar-refractivity contribution in [3.63, 3.8) is 0 Å². The van der Waals surface area contributed by atoms with Gasteiger partial charge in [0.15, 0.2) is 11.5 Å². The number of piperidine rings is 1. The molecular weight excluding hydrogens is 418 g/mol. The molecule has 0 bridgehead atoms. The molecule has 2 aliphatic rings. The van der Waals surface area contributed by atoms with Gasteiger partial charge >= 0.3 is 0 Å². The van der Waals surface area contributed by atoms with Gasteiger partial charge in [0.1, 0.15) is 0 Å². The number of aryl methyl sites for hydroxylation is 1. The van der Waals surface area contributed by atoms with Crippen LogP contribution >= 0.6 is 0 Å². The number of nitrogens with one attached hydrogen (secondary N) is 1. The minimum Gasteiger partial charge on any atom is -0.493 e. The minimum absolute atomic E-state index is 0.0246. The molecule has 33 heavy (non-hydrogen) atoms. The Balaban J connectivity index is 1.29. The maximum Gasteiger partial charge on any atom is 0.227 e. The van der Waals surface area contributed by atoms with Gasteiger partial charge < -0.3 is 19.7 Å². The Morgan fingerprint density at radius 2 is 1.82 bits per heavy atom. The molecule has 2 aromatic rings. The largest absolute Gasteiger partial charge is 0.493 e. The average molecular weight is 452 g/mol. The summed E-state index contributed by atoms with van der Waals surface area (Å²) in [6.45, 7) is 5.36. The van der Waals surface area contributed by atoms with E-state index in [1.165, 1.54) is 11.1 Å². The highest BCUT2D eigenvalue weighted by Gasteiger charge is 2.36. The molecule has 2 aliphatic heterocycles. The van der Waals surface area contributed by atoms with E-state index < -0.39 is 0 Å². The van der Waals surface area contributed by atoms with Gasteiger partial charge in [-0.25, -0.2) is 0 Å². The highest BCUT2D eigenvalue weighted by Crippen LogP contribution is 2.34. The molecule has 0 saturated carbocycles. The maximum atomic E-state index is 12.9. The number of anilines is 1. The summed E-state index contributed by atoms with van der Waals surface area (Å²) in [5.74, 6) is 0.763. The SMILES string of the molecule is COc1ccc(N2CC(C(=O)NC3CCN(Cc4cccc(C)c4)CC3)CC2=O)cc1OC. The summed E-state index contributed by atoms with van der Waals surface area (Å²) in [7, 11) is 3.14. The van der Waals surface area contributed by atoms with E-state index in [9.17, 15) is 9.59 Å². The summed E-state index contributed by atoms with van der Waals surface area (Å²) >= 11 is 0. The van der Waals surface area contributed by atoms with Gasteiger partial charge in [-0.3, -0.25) is 14.5 Å². The monoisotopic (exact) mass is 451 g/mol. The summed E-state index contributed by atoms with van der Waals surface area (Å²) in [6.07, 6.45) is 2.08. The van der Waals surface area contributed by atoms with Crippen LogP contribution in [0.2, 0.25) is 0 Å². The molecule has 7 nitrogen and oxygen atoms in total. The van der Waals surface area contributed by atoms with Crippen molar-refractivity contribution in [1.29, 1.82) is 0 Å². The van der Waals surface area contributed by atoms with Crippen LogP contribution in [0.1, 0.15) is 30.4 Å². The molecule has 2 fully saturated rings. The van der Waals surface area contributed by atoms with Crippen LogP contribution in [0, 0.1) is 12.8 Å². The van der Waals surface area contributed by atoms with Crippen molar-refractivity contribution in [2.75, 3.05) is 38.8 Å². The number of carbonyl (C=O) groups excluding carboxylic acids is 2. The molecule has 176 valence electrons. The normalized spacial score (nSPS) is 19.5. The van der Waals surface area contributed by atoms with Gasteiger partial charge in [-0.2, -0.15) is 0 Å². The number of amides is 2. The van der Waals surface area contributed by atoms with Crippen molar-refractivity contribution in [2.24, 2.45) is 5.92 Å². The van der Waals surface area contributed by atoms with Crippen LogP contribution in [-0.4, -0.2) is 56.6 Å². The first-order valence-electron chi connectivity index (χ1n) is 11.6. The highest BCUT2D eigenvalue weighted by molar-refractivity contribution is 6.00. The predicted molar refractivity (Wildman–Crippen MR) is 128 cm³/mol. The zero-order valence-corrected chi connectivity index (χ0v) is 19.7. The predicted octanol–water partition coefficient (Wildman–Crippen LogP) is 3.15. The fraction of sp³-hybridized carbons (Fsp3) is 0.462. The van der Waals surface area contributed by atoms with Crippen molar-refractivity contribution in [2.45, 2.75) is 38.8 Å². The smallest absolute Gasteiger partial charge is 0.227 e. The molecule has 2 saturated heterocycles. The van der Waals surface area contributed by atoms with Crippen molar-refractivity contribution < 1.29 is 19.1 Å². The molecule has 4 rings (SSSR count). The quantitative estimate of drug-likeness (QED) is 0.700. The second-order valence-electron chi connectivity index (χ2n) is 8.99. The van der Waals surface area contributed by atoms with Gasteiger partial charge in [0.05, 0.1) is 20.1 Å². The van der Waals surface area contributed by atoms with Gasteiger partial charge in [-0.1, -0.05) is 29.8 Å². The molecule has 2 amide bonds. The standard InChI is InChI=1S/C26H33N3O4/c1-18-5-4-6-19(13-18)16-28-11-9-21(10-12-28)27-26(31)20-14-25(30)29(17-20)22-7-8-23(32-2)24(15-22)33-3/h4-8,13,15,20-21H,9-12,14,16-17H2,1-3H3,(H,27,31). The van der Waals surface area contributed by atoms with E-state index in [4.69, 9.17) is 9.47 Å². The average Bonchev–Trinajstić information content (AvgIpc) is 3.21. The van der Waals surface area contributed by atoms with E-state index in [-0.39, 0.29) is 30.2 Å². The van der Waals surface area contributed by atoms with Crippen LogP contribution in [0.25, 0.3) is 0 Å². The number of ether oxygens (including phenoxy) is 2. The lowest BCUT2D eigenvalue weighted by Gasteiger charge is -2.33. The fourth-order valence-corrected chi connectivity index (χ4v) is 4.75. The molecule has 0 aliphatic carbocycles. The Morgan fingerprint density at radius 3 is 2.52 bits per heavy atom. The van der Waals surface area contributed by atoms with E-state index in [0.29, 0.717) is 18.0 Å². The van der Waals surface area contributed by atoms with Gasteiger partial charge in [-0.05, 0) is 37.5 Å².